The molecule has 0 fully saturated rings. The zero-order valence-electron chi connectivity index (χ0n) is 35.8. The molecular weight excluding hydrogens is 876 g/mol. The number of rotatable bonds is 10. The molecule has 0 unspecified atom stereocenters. The molecule has 0 aliphatic heterocycles. The van der Waals surface area contributed by atoms with Crippen molar-refractivity contribution in [1.82, 2.24) is 49.8 Å². The lowest BCUT2D eigenvalue weighted by Gasteiger charge is -2.11. The summed E-state index contributed by atoms with van der Waals surface area (Å²) in [6.45, 7) is 4.92. The van der Waals surface area contributed by atoms with Crippen molar-refractivity contribution in [2.45, 2.75) is 40.9 Å². The van der Waals surface area contributed by atoms with Crippen LogP contribution in [0.5, 0.6) is 11.8 Å². The molecule has 0 bridgehead atoms. The number of methoxy groups -OCH3 is 2. The van der Waals surface area contributed by atoms with Crippen molar-refractivity contribution >= 4 is 84.8 Å². The summed E-state index contributed by atoms with van der Waals surface area (Å²) in [7, 11) is 2.01. The SMILES string of the molecule is C.COc1ccc2c(n1)c(C(=O)NCc1c(C)cc(N)nc1C)nn2Cc1ccc2ncc(Cl)cc2c1.COc1ccc2c(n1)c(C(=O)O)nn2Cc1ccc2ncc(Cl)cc2c1.[2H]CF. The summed E-state index contributed by atoms with van der Waals surface area (Å²) < 4.78 is 29.3. The topological polar surface area (TPSA) is 211 Å². The average Bonchev–Trinajstić information content (AvgIpc) is 3.83. The van der Waals surface area contributed by atoms with E-state index in [0.29, 0.717) is 69.3 Å². The highest BCUT2D eigenvalue weighted by Gasteiger charge is 2.21. The Bertz CT molecular complexity index is 3220. The highest BCUT2D eigenvalue weighted by Crippen LogP contribution is 2.26. The number of benzene rings is 2. The monoisotopic (exact) mass is 920 g/mol. The van der Waals surface area contributed by atoms with Gasteiger partial charge in [-0.05, 0) is 90.7 Å². The van der Waals surface area contributed by atoms with Crippen LogP contribution in [0, 0.1) is 13.8 Å². The van der Waals surface area contributed by atoms with E-state index in [1.165, 1.54) is 14.2 Å². The maximum absolute atomic E-state index is 13.3. The zero-order chi connectivity index (χ0) is 46.4. The van der Waals surface area contributed by atoms with Crippen LogP contribution in [0.2, 0.25) is 10.0 Å². The minimum atomic E-state index is -1.14. The number of anilines is 1. The third kappa shape index (κ3) is 10.3. The molecule has 65 heavy (non-hydrogen) atoms. The molecule has 4 N–H and O–H groups in total. The van der Waals surface area contributed by atoms with E-state index in [-0.39, 0.29) is 24.7 Å². The van der Waals surface area contributed by atoms with Gasteiger partial charge in [0.25, 0.3) is 5.91 Å². The Hall–Kier alpha value is -7.50. The van der Waals surface area contributed by atoms with Gasteiger partial charge in [-0.3, -0.25) is 28.5 Å². The summed E-state index contributed by atoms with van der Waals surface area (Å²) in [5, 5.41) is 24.2. The van der Waals surface area contributed by atoms with Crippen LogP contribution in [0.1, 0.15) is 57.7 Å². The fourth-order valence-corrected chi connectivity index (χ4v) is 7.43. The molecule has 0 aliphatic carbocycles. The van der Waals surface area contributed by atoms with Gasteiger partial charge < -0.3 is 25.6 Å². The van der Waals surface area contributed by atoms with Crippen molar-refractivity contribution < 1.29 is 29.9 Å². The Balaban J connectivity index is 0.000000212. The number of hydrogen-bond donors (Lipinski definition) is 3. The number of nitrogens with two attached hydrogens (primary N) is 1. The number of hydrogen-bond acceptors (Lipinski definition) is 12. The Labute approximate surface area is 383 Å². The molecule has 0 spiro atoms. The zero-order valence-corrected chi connectivity index (χ0v) is 36.3. The number of carbonyl (C=O) groups is 2. The maximum Gasteiger partial charge on any atom is 0.358 e. The largest absolute Gasteiger partial charge is 0.481 e. The number of alkyl halides is 1. The molecule has 1 amide bonds. The molecular formula is C46H44Cl2FN11O5. The number of nitrogens with one attached hydrogen (secondary N) is 1. The van der Waals surface area contributed by atoms with Gasteiger partial charge >= 0.3 is 5.97 Å². The molecule has 0 aliphatic rings. The molecule has 9 rings (SSSR count). The summed E-state index contributed by atoms with van der Waals surface area (Å²) in [5.41, 5.74) is 14.3. The van der Waals surface area contributed by atoms with Gasteiger partial charge in [-0.2, -0.15) is 10.2 Å². The lowest BCUT2D eigenvalue weighted by atomic mass is 10.1. The molecule has 7 aromatic heterocycles. The second-order valence-electron chi connectivity index (χ2n) is 14.2. The molecule has 0 radical (unpaired) electrons. The quantitative estimate of drug-likeness (QED) is 0.117. The van der Waals surface area contributed by atoms with Crippen LogP contribution in [-0.4, -0.2) is 82.8 Å². The summed E-state index contributed by atoms with van der Waals surface area (Å²) >= 11 is 12.1. The molecule has 2 aromatic carbocycles. The number of carboxylic acid groups (broad SMARTS) is 1. The number of nitrogen functional groups attached to an aromatic ring is 1. The summed E-state index contributed by atoms with van der Waals surface area (Å²) in [5.74, 6) is -0.288. The van der Waals surface area contributed by atoms with Crippen molar-refractivity contribution in [2.75, 3.05) is 27.1 Å². The van der Waals surface area contributed by atoms with E-state index < -0.39 is 13.1 Å². The van der Waals surface area contributed by atoms with E-state index >= 15 is 0 Å². The van der Waals surface area contributed by atoms with Crippen molar-refractivity contribution in [3.8, 4) is 11.8 Å². The fraction of sp³-hybridized carbons (Fsp3) is 0.196. The highest BCUT2D eigenvalue weighted by atomic mass is 35.5. The predicted molar refractivity (Wildman–Crippen MR) is 250 cm³/mol. The summed E-state index contributed by atoms with van der Waals surface area (Å²) in [4.78, 5) is 46.4. The first kappa shape index (κ1) is 45.5. The number of carbonyl (C=O) groups excluding carboxylic acids is 1. The number of halogens is 3. The van der Waals surface area contributed by atoms with Crippen LogP contribution in [0.3, 0.4) is 0 Å². The number of amides is 1. The van der Waals surface area contributed by atoms with Gasteiger partial charge in [0.1, 0.15) is 16.9 Å². The lowest BCUT2D eigenvalue weighted by Crippen LogP contribution is -2.25. The molecule has 7 heterocycles. The van der Waals surface area contributed by atoms with Gasteiger partial charge in [0.05, 0.1) is 67.9 Å². The average molecular weight is 922 g/mol. The van der Waals surface area contributed by atoms with E-state index in [1.807, 2.05) is 68.4 Å². The van der Waals surface area contributed by atoms with Crippen molar-refractivity contribution in [1.29, 1.82) is 0 Å². The third-order valence-corrected chi connectivity index (χ3v) is 10.5. The number of fused-ring (bicyclic) bond motifs is 4. The van der Waals surface area contributed by atoms with Crippen LogP contribution in [0.4, 0.5) is 10.2 Å². The van der Waals surface area contributed by atoms with Crippen LogP contribution in [0.15, 0.2) is 91.3 Å². The van der Waals surface area contributed by atoms with Gasteiger partial charge in [0.2, 0.25) is 11.8 Å². The molecule has 16 nitrogen and oxygen atoms in total. The van der Waals surface area contributed by atoms with Crippen LogP contribution in [-0.2, 0) is 19.6 Å². The number of aryl methyl sites for hydroxylation is 2. The van der Waals surface area contributed by atoms with Crippen molar-refractivity contribution in [2.24, 2.45) is 0 Å². The van der Waals surface area contributed by atoms with Gasteiger partial charge in [-0.15, -0.1) is 0 Å². The number of nitrogens with zero attached hydrogens (tertiary/aromatic N) is 9. The van der Waals surface area contributed by atoms with Crippen LogP contribution >= 0.6 is 23.2 Å². The Morgan fingerprint density at radius 3 is 1.74 bits per heavy atom. The minimum absolute atomic E-state index is 0. The standard InChI is InChI=1S/C26H24ClN7O2.C18H13ClN4O3.CH3F.CH4/c1-14-8-22(28)31-15(2)19(14)12-30-26(35)25-24-21(6-7-23(32-24)36-3)34(33-25)13-16-4-5-20-17(9-16)10-18(27)11-29-20;1-26-15-5-4-14-16(21-15)17(18(24)25)22-23(14)9-10-2-3-13-11(6-10)7-12(19)8-20-13;1-2;/h4-11H,12-13H2,1-3H3,(H2,28,31)(H,30,35);2-8H,9H2,1H3,(H,24,25);1H3;1H4/i;;1D;. The Morgan fingerprint density at radius 1 is 0.769 bits per heavy atom. The number of aromatic carboxylic acids is 1. The Kier molecular flexibility index (Phi) is 14.2. The third-order valence-electron chi connectivity index (χ3n) is 10.1. The minimum Gasteiger partial charge on any atom is -0.481 e. The first-order valence-corrected chi connectivity index (χ1v) is 20.0. The molecule has 19 heteroatoms. The van der Waals surface area contributed by atoms with E-state index in [0.717, 1.165) is 49.8 Å². The van der Waals surface area contributed by atoms with Gasteiger partial charge in [0, 0.05) is 47.5 Å². The van der Waals surface area contributed by atoms with Crippen molar-refractivity contribution in [3.05, 3.63) is 141 Å². The fourth-order valence-electron chi connectivity index (χ4n) is 7.10. The Morgan fingerprint density at radius 2 is 1.26 bits per heavy atom. The highest BCUT2D eigenvalue weighted by molar-refractivity contribution is 6.31. The van der Waals surface area contributed by atoms with Gasteiger partial charge in [-0.25, -0.2) is 19.7 Å². The second kappa shape index (κ2) is 20.3. The summed E-state index contributed by atoms with van der Waals surface area (Å²) in [6.07, 6.45) is 3.22. The molecule has 9 aromatic rings. The predicted octanol–water partition coefficient (Wildman–Crippen LogP) is 8.82. The van der Waals surface area contributed by atoms with Crippen molar-refractivity contribution in [3.63, 3.8) is 0 Å². The first-order chi connectivity index (χ1) is 31.3. The van der Waals surface area contributed by atoms with E-state index in [9.17, 15) is 19.1 Å². The van der Waals surface area contributed by atoms with E-state index in [2.05, 4.69) is 40.4 Å². The number of pyridine rings is 5. The van der Waals surface area contributed by atoms with E-state index in [1.54, 1.807) is 46.0 Å². The van der Waals surface area contributed by atoms with Crippen LogP contribution in [0.25, 0.3) is 43.9 Å². The van der Waals surface area contributed by atoms with E-state index in [4.69, 9.17) is 39.8 Å². The smallest absolute Gasteiger partial charge is 0.358 e. The number of carboxylic acids is 1. The lowest BCUT2D eigenvalue weighted by molar-refractivity contribution is 0.0691. The molecule has 0 saturated heterocycles. The molecule has 0 atom stereocenters. The normalized spacial score (nSPS) is 11.0. The van der Waals surface area contributed by atoms with Gasteiger partial charge in [0.15, 0.2) is 11.4 Å². The molecule has 334 valence electrons. The number of aromatic nitrogens is 9. The van der Waals surface area contributed by atoms with Crippen LogP contribution < -0.4 is 20.5 Å². The second-order valence-corrected chi connectivity index (χ2v) is 15.1. The molecule has 0 saturated carbocycles. The first-order valence-electron chi connectivity index (χ1n) is 20.0. The summed E-state index contributed by atoms with van der Waals surface area (Å²) in [6, 6.07) is 24.2. The maximum atomic E-state index is 13.3. The van der Waals surface area contributed by atoms with Gasteiger partial charge in [-0.1, -0.05) is 42.8 Å². The number of ether oxygens (including phenoxy) is 2.